The zero-order valence-electron chi connectivity index (χ0n) is 6.55. The molecule has 0 amide bonds. The van der Waals surface area contributed by atoms with Crippen molar-refractivity contribution in [2.24, 2.45) is 23.7 Å². The summed E-state index contributed by atoms with van der Waals surface area (Å²) in [6, 6.07) is 0. The van der Waals surface area contributed by atoms with Gasteiger partial charge in [-0.25, -0.2) is 0 Å². The van der Waals surface area contributed by atoms with Crippen LogP contribution in [0.5, 0.6) is 0 Å². The molecule has 0 aromatic carbocycles. The standard InChI is InChI=1S/C10H16/c1-2-4-9-8-5-7(3-1)10(9)6-8/h7-10H,1-6H2. The molecule has 4 atom stereocenters. The Hall–Kier alpha value is 0. The molecule has 0 nitrogen and oxygen atoms in total. The monoisotopic (exact) mass is 136 g/mol. The summed E-state index contributed by atoms with van der Waals surface area (Å²) in [6.45, 7) is 0. The van der Waals surface area contributed by atoms with Crippen LogP contribution in [-0.2, 0) is 0 Å². The predicted molar refractivity (Wildman–Crippen MR) is 41.7 cm³/mol. The zero-order chi connectivity index (χ0) is 6.55. The van der Waals surface area contributed by atoms with E-state index in [-0.39, 0.29) is 0 Å². The van der Waals surface area contributed by atoms with Gasteiger partial charge < -0.3 is 0 Å². The van der Waals surface area contributed by atoms with Gasteiger partial charge in [-0.15, -0.1) is 0 Å². The second-order valence-electron chi connectivity index (χ2n) is 4.60. The fourth-order valence-corrected chi connectivity index (χ4v) is 3.80. The minimum Gasteiger partial charge on any atom is -0.0530 e. The molecule has 10 heavy (non-hydrogen) atoms. The second kappa shape index (κ2) is 1.78. The van der Waals surface area contributed by atoms with E-state index in [0.29, 0.717) is 0 Å². The molecule has 0 aromatic rings. The molecule has 0 heteroatoms. The summed E-state index contributed by atoms with van der Waals surface area (Å²) in [6.07, 6.45) is 9.51. The van der Waals surface area contributed by atoms with E-state index in [0.717, 1.165) is 0 Å². The lowest BCUT2D eigenvalue weighted by molar-refractivity contribution is 0.137. The van der Waals surface area contributed by atoms with Crippen molar-refractivity contribution < 1.29 is 0 Å². The molecule has 4 fully saturated rings. The van der Waals surface area contributed by atoms with E-state index in [1.807, 2.05) is 0 Å². The van der Waals surface area contributed by atoms with E-state index in [1.54, 1.807) is 38.5 Å². The molecule has 4 aliphatic carbocycles. The summed E-state index contributed by atoms with van der Waals surface area (Å²) in [5.41, 5.74) is 0. The van der Waals surface area contributed by atoms with Crippen LogP contribution in [0, 0.1) is 23.7 Å². The number of hydrogen-bond acceptors (Lipinski definition) is 0. The average Bonchev–Trinajstić information content (AvgIpc) is 2.36. The Labute approximate surface area is 63.0 Å². The molecule has 0 N–H and O–H groups in total. The maximum Gasteiger partial charge on any atom is -0.0352 e. The van der Waals surface area contributed by atoms with Crippen molar-refractivity contribution in [1.82, 2.24) is 0 Å². The molecule has 0 aromatic heterocycles. The summed E-state index contributed by atoms with van der Waals surface area (Å²) >= 11 is 0. The highest BCUT2D eigenvalue weighted by Crippen LogP contribution is 2.61. The van der Waals surface area contributed by atoms with Crippen molar-refractivity contribution in [2.45, 2.75) is 38.5 Å². The largest absolute Gasteiger partial charge is 0.0530 e. The van der Waals surface area contributed by atoms with Gasteiger partial charge in [-0.2, -0.15) is 0 Å². The van der Waals surface area contributed by atoms with Gasteiger partial charge in [0.1, 0.15) is 0 Å². The minimum absolute atomic E-state index is 1.19. The number of hydrogen-bond donors (Lipinski definition) is 0. The SMILES string of the molecule is C1CCC2C3CC(C1)C2C3. The van der Waals surface area contributed by atoms with E-state index in [2.05, 4.69) is 0 Å². The first-order valence-corrected chi connectivity index (χ1v) is 4.95. The first-order chi connectivity index (χ1) is 4.95. The normalized spacial score (nSPS) is 57.6. The maximum absolute atomic E-state index is 1.62. The van der Waals surface area contributed by atoms with E-state index < -0.39 is 0 Å². The molecule has 0 aliphatic heterocycles. The average molecular weight is 136 g/mol. The number of rotatable bonds is 0. The van der Waals surface area contributed by atoms with Gasteiger partial charge in [0.15, 0.2) is 0 Å². The smallest absolute Gasteiger partial charge is 0.0352 e. The van der Waals surface area contributed by atoms with Crippen LogP contribution in [0.1, 0.15) is 38.5 Å². The van der Waals surface area contributed by atoms with Crippen molar-refractivity contribution in [3.05, 3.63) is 0 Å². The molecule has 0 heterocycles. The third-order valence-corrected chi connectivity index (χ3v) is 4.30. The Balaban J connectivity index is 1.87. The highest BCUT2D eigenvalue weighted by Gasteiger charge is 2.52. The van der Waals surface area contributed by atoms with E-state index in [4.69, 9.17) is 0 Å². The van der Waals surface area contributed by atoms with Gasteiger partial charge in [-0.05, 0) is 42.9 Å². The molecule has 0 radical (unpaired) electrons. The van der Waals surface area contributed by atoms with Crippen LogP contribution >= 0.6 is 0 Å². The molecule has 56 valence electrons. The van der Waals surface area contributed by atoms with E-state index >= 15 is 0 Å². The summed E-state index contributed by atoms with van der Waals surface area (Å²) in [7, 11) is 0. The maximum atomic E-state index is 1.62. The van der Waals surface area contributed by atoms with Gasteiger partial charge in [-0.1, -0.05) is 19.3 Å². The molecule has 0 spiro atoms. The van der Waals surface area contributed by atoms with Gasteiger partial charge >= 0.3 is 0 Å². The van der Waals surface area contributed by atoms with Crippen LogP contribution in [0.25, 0.3) is 0 Å². The van der Waals surface area contributed by atoms with Crippen molar-refractivity contribution in [1.29, 1.82) is 0 Å². The third-order valence-electron chi connectivity index (χ3n) is 4.30. The van der Waals surface area contributed by atoms with Crippen LogP contribution in [0.4, 0.5) is 0 Å². The molecule has 0 saturated heterocycles. The highest BCUT2D eigenvalue weighted by molar-refractivity contribution is 5.02. The van der Waals surface area contributed by atoms with Crippen LogP contribution in [0.2, 0.25) is 0 Å². The summed E-state index contributed by atoms with van der Waals surface area (Å²) in [4.78, 5) is 0. The van der Waals surface area contributed by atoms with Crippen LogP contribution < -0.4 is 0 Å². The second-order valence-corrected chi connectivity index (χ2v) is 4.60. The van der Waals surface area contributed by atoms with Gasteiger partial charge in [0.2, 0.25) is 0 Å². The predicted octanol–water partition coefficient (Wildman–Crippen LogP) is 2.83. The van der Waals surface area contributed by atoms with Crippen molar-refractivity contribution in [3.8, 4) is 0 Å². The molecular formula is C10H16. The zero-order valence-corrected chi connectivity index (χ0v) is 6.55. The lowest BCUT2D eigenvalue weighted by Gasteiger charge is -2.35. The lowest BCUT2D eigenvalue weighted by atomic mass is 9.70. The minimum atomic E-state index is 1.19. The molecule has 4 unspecified atom stereocenters. The summed E-state index contributed by atoms with van der Waals surface area (Å²) < 4.78 is 0. The van der Waals surface area contributed by atoms with Gasteiger partial charge in [0.25, 0.3) is 0 Å². The van der Waals surface area contributed by atoms with Gasteiger partial charge in [0.05, 0.1) is 0 Å². The molecule has 4 aliphatic rings. The highest BCUT2D eigenvalue weighted by atomic mass is 14.6. The Morgan fingerprint density at radius 2 is 1.60 bits per heavy atom. The van der Waals surface area contributed by atoms with Gasteiger partial charge in [-0.3, -0.25) is 0 Å². The summed E-state index contributed by atoms with van der Waals surface area (Å²) in [5.74, 6) is 4.83. The Kier molecular flexibility index (Phi) is 1.00. The Morgan fingerprint density at radius 3 is 2.60 bits per heavy atom. The van der Waals surface area contributed by atoms with E-state index in [1.165, 1.54) is 23.7 Å². The summed E-state index contributed by atoms with van der Waals surface area (Å²) in [5, 5.41) is 0. The fourth-order valence-electron chi connectivity index (χ4n) is 3.80. The molecule has 4 rings (SSSR count). The van der Waals surface area contributed by atoms with Crippen LogP contribution in [0.3, 0.4) is 0 Å². The Bertz CT molecular complexity index is 142. The van der Waals surface area contributed by atoms with Crippen LogP contribution in [-0.4, -0.2) is 0 Å². The van der Waals surface area contributed by atoms with Crippen molar-refractivity contribution >= 4 is 0 Å². The molecular weight excluding hydrogens is 120 g/mol. The van der Waals surface area contributed by atoms with E-state index in [9.17, 15) is 0 Å². The first-order valence-electron chi connectivity index (χ1n) is 4.95. The van der Waals surface area contributed by atoms with Gasteiger partial charge in [0, 0.05) is 0 Å². The Morgan fingerprint density at radius 1 is 0.700 bits per heavy atom. The quantitative estimate of drug-likeness (QED) is 0.480. The van der Waals surface area contributed by atoms with Crippen LogP contribution in [0.15, 0.2) is 0 Å². The lowest BCUT2D eigenvalue weighted by Crippen LogP contribution is -2.28. The van der Waals surface area contributed by atoms with Crippen molar-refractivity contribution in [2.75, 3.05) is 0 Å². The first kappa shape index (κ1) is 5.62. The van der Waals surface area contributed by atoms with Crippen molar-refractivity contribution in [3.63, 3.8) is 0 Å². The fraction of sp³-hybridized carbons (Fsp3) is 1.00. The third kappa shape index (κ3) is 0.538. The molecule has 4 bridgehead atoms. The molecule has 4 saturated carbocycles. The topological polar surface area (TPSA) is 0 Å².